The van der Waals surface area contributed by atoms with Crippen LogP contribution in [-0.4, -0.2) is 28.6 Å². The number of H-pyrrole nitrogens is 1. The van der Waals surface area contributed by atoms with Crippen LogP contribution in [0.1, 0.15) is 16.9 Å². The number of amides is 1. The van der Waals surface area contributed by atoms with E-state index in [9.17, 15) is 4.79 Å². The van der Waals surface area contributed by atoms with Crippen molar-refractivity contribution in [1.29, 1.82) is 0 Å². The Morgan fingerprint density at radius 2 is 1.76 bits per heavy atom. The number of aromatic nitrogens is 2. The molecule has 0 radical (unpaired) electrons. The van der Waals surface area contributed by atoms with Gasteiger partial charge < -0.3 is 15.0 Å². The van der Waals surface area contributed by atoms with Crippen molar-refractivity contribution >= 4 is 18.1 Å². The van der Waals surface area contributed by atoms with Crippen LogP contribution in [0.2, 0.25) is 0 Å². The topological polar surface area (TPSA) is 59.0 Å². The lowest BCUT2D eigenvalue weighted by Gasteiger charge is -2.09. The van der Waals surface area contributed by atoms with E-state index in [1.807, 2.05) is 60.7 Å². The molecule has 0 saturated heterocycles. The normalized spacial score (nSPS) is 10.4. The molecule has 5 nitrogen and oxygen atoms in total. The van der Waals surface area contributed by atoms with E-state index in [0.717, 1.165) is 17.9 Å². The second-order valence-corrected chi connectivity index (χ2v) is 5.81. The highest BCUT2D eigenvalue weighted by molar-refractivity contribution is 7.71. The van der Waals surface area contributed by atoms with Crippen molar-refractivity contribution in [1.82, 2.24) is 14.9 Å². The number of imidazole rings is 1. The van der Waals surface area contributed by atoms with E-state index in [1.165, 1.54) is 0 Å². The summed E-state index contributed by atoms with van der Waals surface area (Å²) in [4.78, 5) is 15.4. The van der Waals surface area contributed by atoms with Crippen LogP contribution < -0.4 is 10.1 Å². The van der Waals surface area contributed by atoms with E-state index in [2.05, 4.69) is 10.3 Å². The highest BCUT2D eigenvalue weighted by Gasteiger charge is 2.13. The maximum atomic E-state index is 12.4. The number of nitrogens with zero attached hydrogens (tertiary/aromatic N) is 1. The van der Waals surface area contributed by atoms with Gasteiger partial charge in [-0.2, -0.15) is 0 Å². The van der Waals surface area contributed by atoms with Crippen molar-refractivity contribution in [2.45, 2.75) is 6.42 Å². The van der Waals surface area contributed by atoms with Gasteiger partial charge in [-0.05, 0) is 42.9 Å². The minimum absolute atomic E-state index is 0.170. The van der Waals surface area contributed by atoms with Gasteiger partial charge in [0.25, 0.3) is 5.91 Å². The SMILES string of the molecule is O=C(NCCCOc1ccccc1)c1c[nH]c(=S)n1-c1ccccc1. The monoisotopic (exact) mass is 353 g/mol. The van der Waals surface area contributed by atoms with Crippen LogP contribution in [0.5, 0.6) is 5.75 Å². The molecule has 0 aliphatic rings. The van der Waals surface area contributed by atoms with Crippen LogP contribution >= 0.6 is 12.2 Å². The number of hydrogen-bond acceptors (Lipinski definition) is 3. The average molecular weight is 353 g/mol. The van der Waals surface area contributed by atoms with Gasteiger partial charge in [-0.25, -0.2) is 0 Å². The van der Waals surface area contributed by atoms with Crippen molar-refractivity contribution in [3.05, 3.63) is 77.3 Å². The molecular formula is C19H19N3O2S. The number of carbonyl (C=O) groups excluding carboxylic acids is 1. The number of aromatic amines is 1. The first kappa shape index (κ1) is 17.0. The fraction of sp³-hybridized carbons (Fsp3) is 0.158. The molecular weight excluding hydrogens is 334 g/mol. The Balaban J connectivity index is 1.55. The molecule has 0 bridgehead atoms. The van der Waals surface area contributed by atoms with Gasteiger partial charge in [-0.1, -0.05) is 36.4 Å². The molecule has 0 fully saturated rings. The van der Waals surface area contributed by atoms with Gasteiger partial charge >= 0.3 is 0 Å². The lowest BCUT2D eigenvalue weighted by molar-refractivity contribution is 0.0944. The maximum Gasteiger partial charge on any atom is 0.269 e. The molecule has 0 unspecified atom stereocenters. The summed E-state index contributed by atoms with van der Waals surface area (Å²) in [5.74, 6) is 0.660. The first-order valence-corrected chi connectivity index (χ1v) is 8.48. The molecule has 2 N–H and O–H groups in total. The van der Waals surface area contributed by atoms with E-state index < -0.39 is 0 Å². The summed E-state index contributed by atoms with van der Waals surface area (Å²) in [7, 11) is 0. The molecule has 0 saturated carbocycles. The van der Waals surface area contributed by atoms with Crippen molar-refractivity contribution in [3.63, 3.8) is 0 Å². The molecule has 6 heteroatoms. The van der Waals surface area contributed by atoms with E-state index in [-0.39, 0.29) is 5.91 Å². The number of nitrogens with one attached hydrogen (secondary N) is 2. The number of carbonyl (C=O) groups is 1. The third-order valence-corrected chi connectivity index (χ3v) is 3.94. The van der Waals surface area contributed by atoms with E-state index in [1.54, 1.807) is 10.8 Å². The standard InChI is InChI=1S/C19H19N3O2S/c23-18(20-12-7-13-24-16-10-5-2-6-11-16)17-14-21-19(25)22(17)15-8-3-1-4-9-15/h1-6,8-11,14H,7,12-13H2,(H,20,23)(H,21,25). The molecule has 2 aromatic carbocycles. The molecule has 0 aliphatic heterocycles. The summed E-state index contributed by atoms with van der Waals surface area (Å²) < 4.78 is 7.83. The molecule has 0 atom stereocenters. The predicted octanol–water partition coefficient (Wildman–Crippen LogP) is 3.73. The zero-order valence-corrected chi connectivity index (χ0v) is 14.5. The molecule has 3 aromatic rings. The quantitative estimate of drug-likeness (QED) is 0.503. The van der Waals surface area contributed by atoms with Crippen molar-refractivity contribution < 1.29 is 9.53 Å². The number of ether oxygens (including phenoxy) is 1. The van der Waals surface area contributed by atoms with Crippen molar-refractivity contribution in [2.75, 3.05) is 13.2 Å². The molecule has 25 heavy (non-hydrogen) atoms. The van der Waals surface area contributed by atoms with Crippen molar-refractivity contribution in [3.8, 4) is 11.4 Å². The van der Waals surface area contributed by atoms with Gasteiger partial charge in [-0.15, -0.1) is 0 Å². The lowest BCUT2D eigenvalue weighted by Crippen LogP contribution is -2.27. The Morgan fingerprint density at radius 1 is 1.08 bits per heavy atom. The van der Waals surface area contributed by atoms with Gasteiger partial charge in [0.05, 0.1) is 6.61 Å². The highest BCUT2D eigenvalue weighted by atomic mass is 32.1. The molecule has 0 spiro atoms. The first-order chi connectivity index (χ1) is 12.3. The second kappa shape index (κ2) is 8.30. The van der Waals surface area contributed by atoms with Crippen LogP contribution in [0, 0.1) is 4.77 Å². The number of benzene rings is 2. The average Bonchev–Trinajstić information content (AvgIpc) is 3.04. The third kappa shape index (κ3) is 4.36. The number of para-hydroxylation sites is 2. The number of rotatable bonds is 7. The van der Waals surface area contributed by atoms with Crippen LogP contribution in [0.4, 0.5) is 0 Å². The Hall–Kier alpha value is -2.86. The molecule has 1 amide bonds. The zero-order valence-electron chi connectivity index (χ0n) is 13.6. The third-order valence-electron chi connectivity index (χ3n) is 3.64. The van der Waals surface area contributed by atoms with Gasteiger partial charge in [0, 0.05) is 18.4 Å². The van der Waals surface area contributed by atoms with Crippen molar-refractivity contribution in [2.24, 2.45) is 0 Å². The smallest absolute Gasteiger partial charge is 0.269 e. The Labute approximate surface area is 151 Å². The maximum absolute atomic E-state index is 12.4. The molecule has 1 heterocycles. The largest absolute Gasteiger partial charge is 0.494 e. The second-order valence-electron chi connectivity index (χ2n) is 5.42. The number of hydrogen-bond donors (Lipinski definition) is 2. The molecule has 128 valence electrons. The van der Waals surface area contributed by atoms with Crippen LogP contribution in [0.25, 0.3) is 5.69 Å². The minimum Gasteiger partial charge on any atom is -0.494 e. The summed E-state index contributed by atoms with van der Waals surface area (Å²) in [6.07, 6.45) is 2.35. The summed E-state index contributed by atoms with van der Waals surface area (Å²) in [5, 5.41) is 2.90. The zero-order chi connectivity index (χ0) is 17.5. The van der Waals surface area contributed by atoms with Gasteiger partial charge in [0.15, 0.2) is 4.77 Å². The van der Waals surface area contributed by atoms with E-state index in [0.29, 0.717) is 23.6 Å². The molecule has 1 aromatic heterocycles. The summed E-state index contributed by atoms with van der Waals surface area (Å²) in [6, 6.07) is 19.2. The molecule has 3 rings (SSSR count). The van der Waals surface area contributed by atoms with Crippen LogP contribution in [0.15, 0.2) is 66.9 Å². The van der Waals surface area contributed by atoms with E-state index >= 15 is 0 Å². The van der Waals surface area contributed by atoms with Gasteiger partial charge in [0.2, 0.25) is 0 Å². The van der Waals surface area contributed by atoms with Crippen LogP contribution in [-0.2, 0) is 0 Å². The van der Waals surface area contributed by atoms with Gasteiger partial charge in [-0.3, -0.25) is 9.36 Å². The highest BCUT2D eigenvalue weighted by Crippen LogP contribution is 2.12. The summed E-state index contributed by atoms with van der Waals surface area (Å²) in [6.45, 7) is 1.07. The predicted molar refractivity (Wildman–Crippen MR) is 99.8 cm³/mol. The first-order valence-electron chi connectivity index (χ1n) is 8.07. The molecule has 0 aliphatic carbocycles. The Kier molecular flexibility index (Phi) is 5.64. The summed E-state index contributed by atoms with van der Waals surface area (Å²) in [5.41, 5.74) is 1.34. The fourth-order valence-electron chi connectivity index (χ4n) is 2.44. The lowest BCUT2D eigenvalue weighted by atomic mass is 10.3. The Bertz CT molecular complexity index is 872. The fourth-order valence-corrected chi connectivity index (χ4v) is 2.70. The minimum atomic E-state index is -0.170. The Morgan fingerprint density at radius 3 is 2.48 bits per heavy atom. The van der Waals surface area contributed by atoms with E-state index in [4.69, 9.17) is 17.0 Å². The van der Waals surface area contributed by atoms with Gasteiger partial charge in [0.1, 0.15) is 11.4 Å². The van der Waals surface area contributed by atoms with Crippen LogP contribution in [0.3, 0.4) is 0 Å². The summed E-state index contributed by atoms with van der Waals surface area (Å²) >= 11 is 5.29.